The molecule has 11 nitrogen and oxygen atoms in total. The first-order chi connectivity index (χ1) is 18.8. The Morgan fingerprint density at radius 3 is 2.38 bits per heavy atom. The Morgan fingerprint density at radius 1 is 1.00 bits per heavy atom. The lowest BCUT2D eigenvalue weighted by atomic mass is 10.1. The molecule has 0 bridgehead atoms. The molecule has 1 fully saturated rings. The number of para-hydroxylation sites is 2. The maximum atomic E-state index is 13.8. The molecule has 39 heavy (non-hydrogen) atoms. The molecule has 2 aromatic carbocycles. The summed E-state index contributed by atoms with van der Waals surface area (Å²) in [4.78, 5) is 67.1. The highest BCUT2D eigenvalue weighted by Crippen LogP contribution is 2.33. The number of ether oxygens (including phenoxy) is 2. The SMILES string of the molecule is CCCCOC1OC(=O)CC1NC(=O)CN1C(=O)[C@@H](NC(=O)c2ccccc2)CN(C(C)=O)c2ccccc21. The van der Waals surface area contributed by atoms with Gasteiger partial charge in [0.1, 0.15) is 18.6 Å². The fraction of sp³-hybridized carbons (Fsp3) is 0.393. The Hall–Kier alpha value is -4.25. The number of esters is 1. The minimum absolute atomic E-state index is 0.0546. The quantitative estimate of drug-likeness (QED) is 0.368. The predicted molar refractivity (Wildman–Crippen MR) is 142 cm³/mol. The van der Waals surface area contributed by atoms with Gasteiger partial charge in [-0.3, -0.25) is 28.9 Å². The van der Waals surface area contributed by atoms with Gasteiger partial charge in [-0.15, -0.1) is 0 Å². The van der Waals surface area contributed by atoms with E-state index in [-0.39, 0.29) is 18.9 Å². The second kappa shape index (κ2) is 12.5. The number of nitrogens with one attached hydrogen (secondary N) is 2. The summed E-state index contributed by atoms with van der Waals surface area (Å²) in [6.07, 6.45) is 0.705. The standard InChI is InChI=1S/C28H32N4O7/c1-3-4-14-38-28-20(15-25(35)39-28)29-24(34)17-32-23-13-9-8-12-22(23)31(18(2)33)16-21(27(32)37)30-26(36)19-10-6-5-7-11-19/h5-13,20-21,28H,3-4,14-17H2,1-2H3,(H,29,34)(H,30,36)/t20?,21-,28?/m0/s1. The number of amides is 4. The summed E-state index contributed by atoms with van der Waals surface area (Å²) in [7, 11) is 0. The average Bonchev–Trinajstić information content (AvgIpc) is 3.22. The van der Waals surface area contributed by atoms with Crippen LogP contribution < -0.4 is 20.4 Å². The summed E-state index contributed by atoms with van der Waals surface area (Å²) in [6, 6.07) is 13.3. The van der Waals surface area contributed by atoms with Gasteiger partial charge < -0.3 is 25.0 Å². The Morgan fingerprint density at radius 2 is 1.69 bits per heavy atom. The number of fused-ring (bicyclic) bond motifs is 1. The Balaban J connectivity index is 1.57. The molecule has 0 aliphatic carbocycles. The van der Waals surface area contributed by atoms with Gasteiger partial charge in [-0.2, -0.15) is 0 Å². The van der Waals surface area contributed by atoms with Gasteiger partial charge in [-0.25, -0.2) is 0 Å². The zero-order valence-electron chi connectivity index (χ0n) is 21.9. The molecule has 4 amide bonds. The summed E-state index contributed by atoms with van der Waals surface area (Å²) < 4.78 is 10.8. The number of benzene rings is 2. The van der Waals surface area contributed by atoms with Crippen LogP contribution >= 0.6 is 0 Å². The molecule has 2 heterocycles. The lowest BCUT2D eigenvalue weighted by Crippen LogP contribution is -2.55. The Bertz CT molecular complexity index is 1240. The highest BCUT2D eigenvalue weighted by Gasteiger charge is 2.39. The van der Waals surface area contributed by atoms with Crippen molar-refractivity contribution >= 4 is 41.0 Å². The van der Waals surface area contributed by atoms with E-state index >= 15 is 0 Å². The predicted octanol–water partition coefficient (Wildman–Crippen LogP) is 1.76. The molecular weight excluding hydrogens is 504 g/mol. The van der Waals surface area contributed by atoms with Crippen LogP contribution in [0.15, 0.2) is 54.6 Å². The van der Waals surface area contributed by atoms with Gasteiger partial charge in [-0.05, 0) is 30.7 Å². The van der Waals surface area contributed by atoms with E-state index in [0.717, 1.165) is 12.8 Å². The molecule has 2 aliphatic heterocycles. The van der Waals surface area contributed by atoms with Gasteiger partial charge in [0.15, 0.2) is 0 Å². The number of cyclic esters (lactones) is 1. The topological polar surface area (TPSA) is 134 Å². The minimum Gasteiger partial charge on any atom is -0.433 e. The molecule has 2 aromatic rings. The van der Waals surface area contributed by atoms with E-state index in [1.54, 1.807) is 54.6 Å². The van der Waals surface area contributed by atoms with Gasteiger partial charge in [-0.1, -0.05) is 43.7 Å². The average molecular weight is 537 g/mol. The summed E-state index contributed by atoms with van der Waals surface area (Å²) in [5.74, 6) is -2.40. The molecule has 11 heteroatoms. The number of unbranched alkanes of at least 4 members (excludes halogenated alkanes) is 1. The van der Waals surface area contributed by atoms with Crippen molar-refractivity contribution in [1.82, 2.24) is 10.6 Å². The van der Waals surface area contributed by atoms with Gasteiger partial charge in [0.25, 0.3) is 11.8 Å². The smallest absolute Gasteiger partial charge is 0.310 e. The number of carbonyl (C=O) groups is 5. The van der Waals surface area contributed by atoms with Crippen LogP contribution in [0.4, 0.5) is 11.4 Å². The van der Waals surface area contributed by atoms with Gasteiger partial charge >= 0.3 is 5.97 Å². The molecule has 3 atom stereocenters. The molecule has 2 unspecified atom stereocenters. The zero-order valence-corrected chi connectivity index (χ0v) is 21.9. The van der Waals surface area contributed by atoms with E-state index in [1.165, 1.54) is 16.7 Å². The second-order valence-electron chi connectivity index (χ2n) is 9.40. The van der Waals surface area contributed by atoms with E-state index in [2.05, 4.69) is 10.6 Å². The number of carbonyl (C=O) groups excluding carboxylic acids is 5. The fourth-order valence-electron chi connectivity index (χ4n) is 4.53. The van der Waals surface area contributed by atoms with E-state index in [4.69, 9.17) is 9.47 Å². The molecule has 1 saturated heterocycles. The Labute approximate surface area is 226 Å². The number of anilines is 2. The zero-order chi connectivity index (χ0) is 27.9. The van der Waals surface area contributed by atoms with Crippen molar-refractivity contribution in [3.8, 4) is 0 Å². The summed E-state index contributed by atoms with van der Waals surface area (Å²) >= 11 is 0. The van der Waals surface area contributed by atoms with Gasteiger partial charge in [0, 0.05) is 12.5 Å². The minimum atomic E-state index is -1.12. The van der Waals surface area contributed by atoms with E-state index in [9.17, 15) is 24.0 Å². The van der Waals surface area contributed by atoms with Crippen molar-refractivity contribution in [2.75, 3.05) is 29.5 Å². The Kier molecular flexibility index (Phi) is 8.92. The molecule has 2 aliphatic rings. The van der Waals surface area contributed by atoms with Crippen LogP contribution in [0, 0.1) is 0 Å². The van der Waals surface area contributed by atoms with Crippen molar-refractivity contribution in [2.24, 2.45) is 0 Å². The largest absolute Gasteiger partial charge is 0.433 e. The summed E-state index contributed by atoms with van der Waals surface area (Å²) in [5, 5.41) is 5.47. The summed E-state index contributed by atoms with van der Waals surface area (Å²) in [6.45, 7) is 3.23. The second-order valence-corrected chi connectivity index (χ2v) is 9.40. The van der Waals surface area contributed by atoms with Crippen LogP contribution in [-0.4, -0.2) is 67.7 Å². The van der Waals surface area contributed by atoms with Crippen LogP contribution in [0.5, 0.6) is 0 Å². The molecule has 2 N–H and O–H groups in total. The van der Waals surface area contributed by atoms with Gasteiger partial charge in [0.2, 0.25) is 18.1 Å². The maximum absolute atomic E-state index is 13.8. The number of hydrogen-bond acceptors (Lipinski definition) is 7. The number of rotatable bonds is 9. The monoisotopic (exact) mass is 536 g/mol. The highest BCUT2D eigenvalue weighted by atomic mass is 16.7. The van der Waals surface area contributed by atoms with Crippen LogP contribution in [0.2, 0.25) is 0 Å². The maximum Gasteiger partial charge on any atom is 0.310 e. The normalized spacial score (nSPS) is 20.6. The van der Waals surface area contributed by atoms with E-state index in [1.807, 2.05) is 6.92 Å². The van der Waals surface area contributed by atoms with Crippen molar-refractivity contribution in [3.05, 3.63) is 60.2 Å². The lowest BCUT2D eigenvalue weighted by Gasteiger charge is -2.26. The third-order valence-electron chi connectivity index (χ3n) is 6.50. The molecule has 4 rings (SSSR count). The summed E-state index contributed by atoms with van der Waals surface area (Å²) in [5.41, 5.74) is 1.13. The molecule has 0 aromatic heterocycles. The van der Waals surface area contributed by atoms with E-state index in [0.29, 0.717) is 23.5 Å². The van der Waals surface area contributed by atoms with Crippen molar-refractivity contribution in [2.45, 2.75) is 51.5 Å². The van der Waals surface area contributed by atoms with Crippen molar-refractivity contribution in [3.63, 3.8) is 0 Å². The van der Waals surface area contributed by atoms with Crippen LogP contribution in [-0.2, 0) is 28.7 Å². The van der Waals surface area contributed by atoms with Crippen molar-refractivity contribution < 1.29 is 33.4 Å². The third kappa shape index (κ3) is 6.61. The van der Waals surface area contributed by atoms with Crippen LogP contribution in [0.3, 0.4) is 0 Å². The molecule has 0 saturated carbocycles. The lowest BCUT2D eigenvalue weighted by molar-refractivity contribution is -0.165. The molecule has 0 spiro atoms. The highest BCUT2D eigenvalue weighted by molar-refractivity contribution is 6.10. The van der Waals surface area contributed by atoms with Crippen LogP contribution in [0.25, 0.3) is 0 Å². The number of nitrogens with zero attached hydrogens (tertiary/aromatic N) is 2. The first-order valence-corrected chi connectivity index (χ1v) is 12.9. The first-order valence-electron chi connectivity index (χ1n) is 12.9. The fourth-order valence-corrected chi connectivity index (χ4v) is 4.53. The third-order valence-corrected chi connectivity index (χ3v) is 6.50. The number of hydrogen-bond donors (Lipinski definition) is 2. The molecule has 0 radical (unpaired) electrons. The molecular formula is C28H32N4O7. The van der Waals surface area contributed by atoms with Gasteiger partial charge in [0.05, 0.1) is 30.9 Å². The van der Waals surface area contributed by atoms with Crippen molar-refractivity contribution in [1.29, 1.82) is 0 Å². The molecule has 206 valence electrons. The van der Waals surface area contributed by atoms with E-state index < -0.39 is 48.6 Å². The van der Waals surface area contributed by atoms with Crippen LogP contribution in [0.1, 0.15) is 43.5 Å². The first kappa shape index (κ1) is 27.8.